The van der Waals surface area contributed by atoms with Gasteiger partial charge in [0.15, 0.2) is 0 Å². The summed E-state index contributed by atoms with van der Waals surface area (Å²) in [5.41, 5.74) is 1.10. The SMILES string of the molecule is FC(F)(F)c1ccc([C@H](c2ccsc2)N2CCNCC2)cc1Cl. The molecule has 124 valence electrons. The molecule has 0 bridgehead atoms. The summed E-state index contributed by atoms with van der Waals surface area (Å²) < 4.78 is 38.7. The Kier molecular flexibility index (Phi) is 4.96. The smallest absolute Gasteiger partial charge is 0.314 e. The molecule has 1 aromatic carbocycles. The van der Waals surface area contributed by atoms with E-state index in [2.05, 4.69) is 10.2 Å². The molecule has 3 rings (SSSR count). The van der Waals surface area contributed by atoms with E-state index >= 15 is 0 Å². The average molecular weight is 361 g/mol. The number of piperazine rings is 1. The molecule has 1 aliphatic heterocycles. The van der Waals surface area contributed by atoms with Crippen molar-refractivity contribution in [2.45, 2.75) is 12.2 Å². The number of hydrogen-bond acceptors (Lipinski definition) is 3. The fourth-order valence-corrected chi connectivity index (χ4v) is 3.89. The van der Waals surface area contributed by atoms with Gasteiger partial charge in [-0.25, -0.2) is 0 Å². The van der Waals surface area contributed by atoms with Gasteiger partial charge < -0.3 is 5.32 Å². The first-order chi connectivity index (χ1) is 11.0. The molecule has 2 nitrogen and oxygen atoms in total. The molecule has 1 saturated heterocycles. The molecule has 2 heterocycles. The van der Waals surface area contributed by atoms with Gasteiger partial charge in [0.1, 0.15) is 0 Å². The summed E-state index contributed by atoms with van der Waals surface area (Å²) in [6, 6.07) is 6.03. The van der Waals surface area contributed by atoms with Gasteiger partial charge in [0.05, 0.1) is 16.6 Å². The number of thiophene rings is 1. The van der Waals surface area contributed by atoms with Crippen LogP contribution in [0.1, 0.15) is 22.7 Å². The van der Waals surface area contributed by atoms with Crippen molar-refractivity contribution in [1.29, 1.82) is 0 Å². The minimum Gasteiger partial charge on any atom is -0.314 e. The molecular weight excluding hydrogens is 345 g/mol. The molecule has 1 atom stereocenters. The van der Waals surface area contributed by atoms with E-state index in [4.69, 9.17) is 11.6 Å². The third-order valence-electron chi connectivity index (χ3n) is 3.99. The van der Waals surface area contributed by atoms with E-state index in [1.807, 2.05) is 16.8 Å². The number of rotatable bonds is 3. The third kappa shape index (κ3) is 3.71. The minimum absolute atomic E-state index is 0.0665. The Hall–Kier alpha value is -1.08. The maximum absolute atomic E-state index is 12.9. The molecule has 0 unspecified atom stereocenters. The lowest BCUT2D eigenvalue weighted by Crippen LogP contribution is -2.45. The van der Waals surface area contributed by atoms with Crippen LogP contribution in [0.3, 0.4) is 0 Å². The largest absolute Gasteiger partial charge is 0.417 e. The number of benzene rings is 1. The van der Waals surface area contributed by atoms with Crippen LogP contribution < -0.4 is 5.32 Å². The summed E-state index contributed by atoms with van der Waals surface area (Å²) >= 11 is 7.49. The normalized spacial score (nSPS) is 18.1. The zero-order chi connectivity index (χ0) is 16.4. The molecule has 0 aliphatic carbocycles. The zero-order valence-corrected chi connectivity index (χ0v) is 13.8. The molecule has 0 amide bonds. The van der Waals surface area contributed by atoms with E-state index in [0.717, 1.165) is 43.4 Å². The number of nitrogens with one attached hydrogen (secondary N) is 1. The van der Waals surface area contributed by atoms with E-state index in [-0.39, 0.29) is 11.1 Å². The van der Waals surface area contributed by atoms with E-state index in [9.17, 15) is 13.2 Å². The van der Waals surface area contributed by atoms with Crippen LogP contribution in [-0.4, -0.2) is 31.1 Å². The molecule has 2 aromatic rings. The highest BCUT2D eigenvalue weighted by Crippen LogP contribution is 2.38. The Morgan fingerprint density at radius 1 is 1.13 bits per heavy atom. The molecule has 1 N–H and O–H groups in total. The van der Waals surface area contributed by atoms with Crippen molar-refractivity contribution in [3.8, 4) is 0 Å². The van der Waals surface area contributed by atoms with E-state index in [1.54, 1.807) is 17.4 Å². The van der Waals surface area contributed by atoms with Gasteiger partial charge in [-0.05, 0) is 40.1 Å². The van der Waals surface area contributed by atoms with Crippen LogP contribution in [0.5, 0.6) is 0 Å². The number of nitrogens with zero attached hydrogens (tertiary/aromatic N) is 1. The first-order valence-electron chi connectivity index (χ1n) is 7.30. The first kappa shape index (κ1) is 16.8. The number of alkyl halides is 3. The second-order valence-electron chi connectivity index (χ2n) is 5.48. The predicted molar refractivity (Wildman–Crippen MR) is 87.1 cm³/mol. The molecule has 7 heteroatoms. The summed E-state index contributed by atoms with van der Waals surface area (Å²) in [7, 11) is 0. The summed E-state index contributed by atoms with van der Waals surface area (Å²) in [4.78, 5) is 2.28. The lowest BCUT2D eigenvalue weighted by atomic mass is 9.97. The van der Waals surface area contributed by atoms with Crippen molar-refractivity contribution >= 4 is 22.9 Å². The van der Waals surface area contributed by atoms with Gasteiger partial charge >= 0.3 is 6.18 Å². The van der Waals surface area contributed by atoms with Crippen LogP contribution >= 0.6 is 22.9 Å². The lowest BCUT2D eigenvalue weighted by molar-refractivity contribution is -0.137. The van der Waals surface area contributed by atoms with Gasteiger partial charge in [-0.15, -0.1) is 0 Å². The maximum Gasteiger partial charge on any atom is 0.417 e. The van der Waals surface area contributed by atoms with Crippen LogP contribution in [-0.2, 0) is 6.18 Å². The van der Waals surface area contributed by atoms with E-state index in [0.29, 0.717) is 0 Å². The molecule has 1 aliphatic rings. The number of hydrogen-bond donors (Lipinski definition) is 1. The fraction of sp³-hybridized carbons (Fsp3) is 0.375. The van der Waals surface area contributed by atoms with Gasteiger partial charge in [0.25, 0.3) is 0 Å². The maximum atomic E-state index is 12.9. The third-order valence-corrected chi connectivity index (χ3v) is 5.00. The quantitative estimate of drug-likeness (QED) is 0.872. The van der Waals surface area contributed by atoms with Gasteiger partial charge in [-0.2, -0.15) is 24.5 Å². The minimum atomic E-state index is -4.43. The zero-order valence-electron chi connectivity index (χ0n) is 12.2. The standard InChI is InChI=1S/C16H16ClF3N2S/c17-14-9-11(1-2-13(14)16(18,19)20)15(12-3-8-23-10-12)22-6-4-21-5-7-22/h1-3,8-10,15,21H,4-7H2/t15-/m1/s1. The second-order valence-corrected chi connectivity index (χ2v) is 6.67. The fourth-order valence-electron chi connectivity index (χ4n) is 2.92. The molecule has 1 fully saturated rings. The Balaban J connectivity index is 1.98. The second kappa shape index (κ2) is 6.81. The number of halogens is 4. The molecular formula is C16H16ClF3N2S. The highest BCUT2D eigenvalue weighted by atomic mass is 35.5. The van der Waals surface area contributed by atoms with Crippen molar-refractivity contribution in [3.05, 3.63) is 56.7 Å². The Morgan fingerprint density at radius 2 is 1.87 bits per heavy atom. The molecule has 1 aromatic heterocycles. The highest BCUT2D eigenvalue weighted by molar-refractivity contribution is 7.08. The highest BCUT2D eigenvalue weighted by Gasteiger charge is 2.34. The van der Waals surface area contributed by atoms with Crippen molar-refractivity contribution in [1.82, 2.24) is 10.2 Å². The Bertz CT molecular complexity index is 652. The molecule has 23 heavy (non-hydrogen) atoms. The van der Waals surface area contributed by atoms with Crippen LogP contribution in [0.15, 0.2) is 35.0 Å². The van der Waals surface area contributed by atoms with Gasteiger partial charge in [0, 0.05) is 26.2 Å². The summed E-state index contributed by atoms with van der Waals surface area (Å²) in [6.07, 6.45) is -4.43. The summed E-state index contributed by atoms with van der Waals surface area (Å²) in [6.45, 7) is 3.43. The summed E-state index contributed by atoms with van der Waals surface area (Å²) in [5.74, 6) is 0. The first-order valence-corrected chi connectivity index (χ1v) is 8.62. The van der Waals surface area contributed by atoms with Gasteiger partial charge in [-0.3, -0.25) is 4.90 Å². The van der Waals surface area contributed by atoms with Crippen molar-refractivity contribution < 1.29 is 13.2 Å². The lowest BCUT2D eigenvalue weighted by Gasteiger charge is -2.35. The monoisotopic (exact) mass is 360 g/mol. The van der Waals surface area contributed by atoms with Crippen molar-refractivity contribution in [2.75, 3.05) is 26.2 Å². The molecule has 0 spiro atoms. The predicted octanol–water partition coefficient (Wildman–Crippen LogP) is 4.41. The van der Waals surface area contributed by atoms with Crippen LogP contribution in [0, 0.1) is 0 Å². The van der Waals surface area contributed by atoms with E-state index in [1.165, 1.54) is 6.07 Å². The topological polar surface area (TPSA) is 15.3 Å². The molecule has 0 saturated carbocycles. The Labute approximate surface area is 141 Å². The van der Waals surface area contributed by atoms with Gasteiger partial charge in [-0.1, -0.05) is 17.7 Å². The van der Waals surface area contributed by atoms with Crippen molar-refractivity contribution in [3.63, 3.8) is 0 Å². The Morgan fingerprint density at radius 3 is 2.43 bits per heavy atom. The van der Waals surface area contributed by atoms with Gasteiger partial charge in [0.2, 0.25) is 0 Å². The summed E-state index contributed by atoms with van der Waals surface area (Å²) in [5, 5.41) is 7.07. The van der Waals surface area contributed by atoms with Crippen LogP contribution in [0.4, 0.5) is 13.2 Å². The van der Waals surface area contributed by atoms with Crippen LogP contribution in [0.2, 0.25) is 5.02 Å². The molecule has 0 radical (unpaired) electrons. The van der Waals surface area contributed by atoms with E-state index < -0.39 is 11.7 Å². The van der Waals surface area contributed by atoms with Crippen molar-refractivity contribution in [2.24, 2.45) is 0 Å². The van der Waals surface area contributed by atoms with Crippen LogP contribution in [0.25, 0.3) is 0 Å². The average Bonchev–Trinajstić information content (AvgIpc) is 3.01.